The highest BCUT2D eigenvalue weighted by molar-refractivity contribution is 6.42. The van der Waals surface area contributed by atoms with Crippen molar-refractivity contribution in [1.29, 1.82) is 0 Å². The minimum Gasteiger partial charge on any atom is -0.366 e. The minimum atomic E-state index is -0.434. The molecule has 0 spiro atoms. The van der Waals surface area contributed by atoms with Crippen LogP contribution in [0.5, 0.6) is 0 Å². The second-order valence-electron chi connectivity index (χ2n) is 6.38. The van der Waals surface area contributed by atoms with Crippen molar-refractivity contribution in [2.45, 2.75) is 13.5 Å². The maximum absolute atomic E-state index is 12.0. The van der Waals surface area contributed by atoms with Crippen LogP contribution in [0, 0.1) is 6.92 Å². The van der Waals surface area contributed by atoms with E-state index in [1.807, 2.05) is 43.3 Å². The Hall–Kier alpha value is -2.49. The van der Waals surface area contributed by atoms with E-state index in [9.17, 15) is 4.79 Å². The lowest BCUT2D eigenvalue weighted by atomic mass is 10.1. The van der Waals surface area contributed by atoms with Crippen LogP contribution in [-0.4, -0.2) is 10.5 Å². The Labute approximate surface area is 160 Å². The standard InChI is InChI=1S/C21H16Cl2N2O/c1-12-8-9-14-18(10-12)25(11-13-4-2-6-16(22)20(13)23)17-7-3-5-15(19(14)17)21(24)26/h2-10H,11H2,1H3,(H2,24,26). The summed E-state index contributed by atoms with van der Waals surface area (Å²) in [6.07, 6.45) is 0. The number of carbonyl (C=O) groups is 1. The van der Waals surface area contributed by atoms with Gasteiger partial charge in [0.15, 0.2) is 0 Å². The fraction of sp³-hybridized carbons (Fsp3) is 0.0952. The molecule has 5 heteroatoms. The van der Waals surface area contributed by atoms with Gasteiger partial charge in [-0.15, -0.1) is 0 Å². The number of nitrogens with two attached hydrogens (primary N) is 1. The Bertz CT molecular complexity index is 1180. The predicted molar refractivity (Wildman–Crippen MR) is 108 cm³/mol. The summed E-state index contributed by atoms with van der Waals surface area (Å²) in [4.78, 5) is 12.0. The van der Waals surface area contributed by atoms with Crippen molar-refractivity contribution in [3.05, 3.63) is 81.3 Å². The lowest BCUT2D eigenvalue weighted by Gasteiger charge is -2.11. The Kier molecular flexibility index (Phi) is 4.14. The maximum atomic E-state index is 12.0. The van der Waals surface area contributed by atoms with Gasteiger partial charge in [0.05, 0.1) is 15.6 Å². The van der Waals surface area contributed by atoms with E-state index in [1.165, 1.54) is 0 Å². The zero-order chi connectivity index (χ0) is 18.4. The quantitative estimate of drug-likeness (QED) is 0.495. The number of amides is 1. The first-order valence-corrected chi connectivity index (χ1v) is 8.97. The van der Waals surface area contributed by atoms with E-state index in [1.54, 1.807) is 12.1 Å². The number of hydrogen-bond donors (Lipinski definition) is 1. The van der Waals surface area contributed by atoms with E-state index < -0.39 is 5.91 Å². The zero-order valence-corrected chi connectivity index (χ0v) is 15.6. The first kappa shape index (κ1) is 17.0. The number of nitrogens with zero attached hydrogens (tertiary/aromatic N) is 1. The molecular weight excluding hydrogens is 367 g/mol. The Morgan fingerprint density at radius 3 is 2.58 bits per heavy atom. The molecular formula is C21H16Cl2N2O. The van der Waals surface area contributed by atoms with Gasteiger partial charge in [-0.3, -0.25) is 4.79 Å². The van der Waals surface area contributed by atoms with E-state index in [0.29, 0.717) is 22.2 Å². The normalized spacial score (nSPS) is 11.3. The molecule has 0 bridgehead atoms. The Morgan fingerprint density at radius 1 is 1.04 bits per heavy atom. The van der Waals surface area contributed by atoms with Crippen LogP contribution in [0.25, 0.3) is 21.8 Å². The highest BCUT2D eigenvalue weighted by atomic mass is 35.5. The van der Waals surface area contributed by atoms with Gasteiger partial charge >= 0.3 is 0 Å². The number of benzene rings is 3. The van der Waals surface area contributed by atoms with Crippen molar-refractivity contribution >= 4 is 50.9 Å². The van der Waals surface area contributed by atoms with E-state index in [-0.39, 0.29) is 0 Å². The Balaban J connectivity index is 2.07. The van der Waals surface area contributed by atoms with E-state index in [4.69, 9.17) is 28.9 Å². The molecule has 3 nitrogen and oxygen atoms in total. The first-order chi connectivity index (χ1) is 12.5. The number of aryl methyl sites for hydroxylation is 1. The fourth-order valence-electron chi connectivity index (χ4n) is 3.47. The number of primary amides is 1. The lowest BCUT2D eigenvalue weighted by molar-refractivity contribution is 0.100. The molecule has 0 fully saturated rings. The highest BCUT2D eigenvalue weighted by Crippen LogP contribution is 2.34. The van der Waals surface area contributed by atoms with Gasteiger partial charge in [0, 0.05) is 28.4 Å². The van der Waals surface area contributed by atoms with Gasteiger partial charge in [0.2, 0.25) is 5.91 Å². The molecule has 0 unspecified atom stereocenters. The van der Waals surface area contributed by atoms with Crippen molar-refractivity contribution in [2.24, 2.45) is 5.73 Å². The topological polar surface area (TPSA) is 48.0 Å². The first-order valence-electron chi connectivity index (χ1n) is 8.21. The number of carbonyl (C=O) groups excluding carboxylic acids is 1. The van der Waals surface area contributed by atoms with Gasteiger partial charge in [0.25, 0.3) is 0 Å². The summed E-state index contributed by atoms with van der Waals surface area (Å²) < 4.78 is 2.15. The summed E-state index contributed by atoms with van der Waals surface area (Å²) >= 11 is 12.6. The van der Waals surface area contributed by atoms with Crippen LogP contribution in [0.3, 0.4) is 0 Å². The highest BCUT2D eigenvalue weighted by Gasteiger charge is 2.17. The van der Waals surface area contributed by atoms with Crippen LogP contribution >= 0.6 is 23.2 Å². The van der Waals surface area contributed by atoms with Gasteiger partial charge < -0.3 is 10.3 Å². The van der Waals surface area contributed by atoms with Gasteiger partial charge in [-0.2, -0.15) is 0 Å². The van der Waals surface area contributed by atoms with Crippen LogP contribution in [0.2, 0.25) is 10.0 Å². The SMILES string of the molecule is Cc1ccc2c3c(C(N)=O)cccc3n(Cc3cccc(Cl)c3Cl)c2c1. The molecule has 0 saturated carbocycles. The van der Waals surface area contributed by atoms with Gasteiger partial charge in [-0.05, 0) is 42.3 Å². The van der Waals surface area contributed by atoms with E-state index >= 15 is 0 Å². The molecule has 2 N–H and O–H groups in total. The van der Waals surface area contributed by atoms with Crippen molar-refractivity contribution < 1.29 is 4.79 Å². The third kappa shape index (κ3) is 2.64. The molecule has 0 aliphatic rings. The molecule has 3 aromatic carbocycles. The van der Waals surface area contributed by atoms with Crippen molar-refractivity contribution in [3.8, 4) is 0 Å². The molecule has 0 aliphatic carbocycles. The summed E-state index contributed by atoms with van der Waals surface area (Å²) in [5, 5.41) is 2.94. The van der Waals surface area contributed by atoms with E-state index in [0.717, 1.165) is 32.9 Å². The summed E-state index contributed by atoms with van der Waals surface area (Å²) in [5.74, 6) is -0.434. The Morgan fingerprint density at radius 2 is 1.81 bits per heavy atom. The minimum absolute atomic E-state index is 0.434. The smallest absolute Gasteiger partial charge is 0.249 e. The number of hydrogen-bond acceptors (Lipinski definition) is 1. The van der Waals surface area contributed by atoms with Crippen LogP contribution in [0.4, 0.5) is 0 Å². The van der Waals surface area contributed by atoms with Crippen LogP contribution < -0.4 is 5.73 Å². The lowest BCUT2D eigenvalue weighted by Crippen LogP contribution is -2.11. The molecule has 4 aromatic rings. The summed E-state index contributed by atoms with van der Waals surface area (Å²) in [6, 6.07) is 17.4. The van der Waals surface area contributed by atoms with Gasteiger partial charge in [0.1, 0.15) is 0 Å². The second kappa shape index (κ2) is 6.35. The average molecular weight is 383 g/mol. The zero-order valence-electron chi connectivity index (χ0n) is 14.1. The van der Waals surface area contributed by atoms with Crippen molar-refractivity contribution in [1.82, 2.24) is 4.57 Å². The molecule has 0 radical (unpaired) electrons. The van der Waals surface area contributed by atoms with Gasteiger partial charge in [-0.1, -0.05) is 53.5 Å². The van der Waals surface area contributed by atoms with Crippen molar-refractivity contribution in [3.63, 3.8) is 0 Å². The summed E-state index contributed by atoms with van der Waals surface area (Å²) in [6.45, 7) is 2.59. The molecule has 0 aliphatic heterocycles. The van der Waals surface area contributed by atoms with Crippen LogP contribution in [-0.2, 0) is 6.54 Å². The predicted octanol–water partition coefficient (Wildman–Crippen LogP) is 5.56. The van der Waals surface area contributed by atoms with E-state index in [2.05, 4.69) is 10.6 Å². The summed E-state index contributed by atoms with van der Waals surface area (Å²) in [5.41, 5.74) is 10.2. The van der Waals surface area contributed by atoms with Crippen LogP contribution in [0.1, 0.15) is 21.5 Å². The molecule has 130 valence electrons. The second-order valence-corrected chi connectivity index (χ2v) is 7.17. The molecule has 4 rings (SSSR count). The summed E-state index contributed by atoms with van der Waals surface area (Å²) in [7, 11) is 0. The third-order valence-electron chi connectivity index (χ3n) is 4.67. The third-order valence-corrected chi connectivity index (χ3v) is 5.53. The average Bonchev–Trinajstić information content (AvgIpc) is 2.92. The number of rotatable bonds is 3. The molecule has 1 amide bonds. The number of halogens is 2. The maximum Gasteiger partial charge on any atom is 0.249 e. The molecule has 0 saturated heterocycles. The number of aromatic nitrogens is 1. The van der Waals surface area contributed by atoms with Gasteiger partial charge in [-0.25, -0.2) is 0 Å². The molecule has 26 heavy (non-hydrogen) atoms. The molecule has 1 aromatic heterocycles. The largest absolute Gasteiger partial charge is 0.366 e. The monoisotopic (exact) mass is 382 g/mol. The van der Waals surface area contributed by atoms with Crippen LogP contribution in [0.15, 0.2) is 54.6 Å². The fourth-order valence-corrected chi connectivity index (χ4v) is 3.85. The molecule has 1 heterocycles. The number of fused-ring (bicyclic) bond motifs is 3. The van der Waals surface area contributed by atoms with Crippen molar-refractivity contribution in [2.75, 3.05) is 0 Å². The molecule has 0 atom stereocenters.